The highest BCUT2D eigenvalue weighted by Gasteiger charge is 2.37. The van der Waals surface area contributed by atoms with E-state index in [9.17, 15) is 4.79 Å². The Morgan fingerprint density at radius 1 is 1.05 bits per heavy atom. The van der Waals surface area contributed by atoms with Gasteiger partial charge in [0.05, 0.1) is 5.71 Å². The molecule has 5 heteroatoms. The van der Waals surface area contributed by atoms with Gasteiger partial charge in [-0.25, -0.2) is 0 Å². The fourth-order valence-corrected chi connectivity index (χ4v) is 5.20. The second-order valence-electron chi connectivity index (χ2n) is 10.6. The van der Waals surface area contributed by atoms with Crippen molar-refractivity contribution in [2.45, 2.75) is 53.0 Å². The highest BCUT2D eigenvalue weighted by Crippen LogP contribution is 2.36. The van der Waals surface area contributed by atoms with E-state index in [4.69, 9.17) is 5.10 Å². The topological polar surface area (TPSA) is 69.6 Å². The molecular weight excluding hydrogens is 492 g/mol. The third kappa shape index (κ3) is 5.75. The van der Waals surface area contributed by atoms with Gasteiger partial charge in [-0.15, -0.1) is 6.58 Å². The second kappa shape index (κ2) is 12.4. The van der Waals surface area contributed by atoms with Crippen molar-refractivity contribution in [3.05, 3.63) is 118 Å². The first-order valence-electron chi connectivity index (χ1n) is 14.0. The first-order chi connectivity index (χ1) is 19.2. The molecule has 40 heavy (non-hydrogen) atoms. The van der Waals surface area contributed by atoms with E-state index in [1.165, 1.54) is 11.1 Å². The Balaban J connectivity index is 2.01. The van der Waals surface area contributed by atoms with Crippen molar-refractivity contribution < 1.29 is 0 Å². The predicted octanol–water partition coefficient (Wildman–Crippen LogP) is 7.50. The van der Waals surface area contributed by atoms with E-state index in [1.807, 2.05) is 38.4 Å². The average molecular weight is 533 g/mol. The number of hydrogen-bond donors (Lipinski definition) is 2. The molecule has 4 rings (SSSR count). The Labute approximate surface area is 237 Å². The van der Waals surface area contributed by atoms with Gasteiger partial charge in [-0.3, -0.25) is 4.79 Å². The van der Waals surface area contributed by atoms with Crippen LogP contribution in [0.1, 0.15) is 55.0 Å². The SMILES string of the molecule is C=CCc1cccc(-c2cc(=O)[nH]c3ccc(C(NC)(/C(C)=N/N=C\C(C)CC)c4ccc(C)c(C)c4)cc23)c1. The third-order valence-electron chi connectivity index (χ3n) is 7.92. The van der Waals surface area contributed by atoms with Gasteiger partial charge < -0.3 is 10.3 Å². The fraction of sp³-hybridized carbons (Fsp3) is 0.286. The van der Waals surface area contributed by atoms with Gasteiger partial charge in [0.1, 0.15) is 5.54 Å². The van der Waals surface area contributed by atoms with Gasteiger partial charge in [-0.05, 0) is 97.7 Å². The zero-order valence-electron chi connectivity index (χ0n) is 24.5. The normalized spacial score (nSPS) is 14.4. The number of aromatic amines is 1. The third-order valence-corrected chi connectivity index (χ3v) is 7.92. The van der Waals surface area contributed by atoms with Crippen molar-refractivity contribution in [1.82, 2.24) is 10.3 Å². The molecule has 0 aliphatic heterocycles. The molecule has 0 bridgehead atoms. The molecule has 2 N–H and O–H groups in total. The Kier molecular flexibility index (Phi) is 8.96. The van der Waals surface area contributed by atoms with E-state index in [0.29, 0.717) is 5.92 Å². The van der Waals surface area contributed by atoms with Gasteiger partial charge in [0.15, 0.2) is 0 Å². The number of hydrogen-bond acceptors (Lipinski definition) is 4. The number of fused-ring (bicyclic) bond motifs is 1. The van der Waals surface area contributed by atoms with Crippen LogP contribution in [0.2, 0.25) is 0 Å². The van der Waals surface area contributed by atoms with Gasteiger partial charge in [0.2, 0.25) is 5.56 Å². The highest BCUT2D eigenvalue weighted by atomic mass is 16.1. The number of nitrogens with zero attached hydrogens (tertiary/aromatic N) is 2. The lowest BCUT2D eigenvalue weighted by Crippen LogP contribution is -2.47. The summed E-state index contributed by atoms with van der Waals surface area (Å²) in [5.74, 6) is 0.346. The summed E-state index contributed by atoms with van der Waals surface area (Å²) in [5, 5.41) is 13.8. The summed E-state index contributed by atoms with van der Waals surface area (Å²) in [4.78, 5) is 15.7. The predicted molar refractivity (Wildman–Crippen MR) is 171 cm³/mol. The maximum atomic E-state index is 12.7. The monoisotopic (exact) mass is 532 g/mol. The molecule has 0 saturated heterocycles. The number of allylic oxidation sites excluding steroid dienone is 1. The maximum absolute atomic E-state index is 12.7. The number of rotatable bonds is 10. The standard InChI is InChI=1S/C35H40N4O/c1-8-11-27-12-10-13-28(19-27)31-21-34(40)38-33-17-16-30(20-32(31)33)35(36-7,26(6)39-37-22-23(3)9-2)29-15-14-24(4)25(5)18-29/h8,10,12-23,36H,1,9,11H2,2-7H3,(H,38,40)/b37-22-,39-26+. The van der Waals surface area contributed by atoms with Crippen LogP contribution in [-0.2, 0) is 12.0 Å². The number of aromatic nitrogens is 1. The average Bonchev–Trinajstić information content (AvgIpc) is 2.95. The van der Waals surface area contributed by atoms with Crippen LogP contribution in [0.3, 0.4) is 0 Å². The van der Waals surface area contributed by atoms with Gasteiger partial charge >= 0.3 is 0 Å². The van der Waals surface area contributed by atoms with Crippen molar-refractivity contribution in [3.63, 3.8) is 0 Å². The van der Waals surface area contributed by atoms with Crippen LogP contribution in [0.4, 0.5) is 0 Å². The van der Waals surface area contributed by atoms with E-state index >= 15 is 0 Å². The molecule has 2 atom stereocenters. The number of H-pyrrole nitrogens is 1. The molecule has 1 heterocycles. The Morgan fingerprint density at radius 3 is 2.50 bits per heavy atom. The van der Waals surface area contributed by atoms with Crippen LogP contribution in [0.15, 0.2) is 94.4 Å². The Morgan fingerprint density at radius 2 is 1.80 bits per heavy atom. The van der Waals surface area contributed by atoms with Crippen LogP contribution in [0.25, 0.3) is 22.0 Å². The molecule has 206 valence electrons. The summed E-state index contributed by atoms with van der Waals surface area (Å²) in [7, 11) is 1.96. The minimum atomic E-state index is -0.739. The minimum Gasteiger partial charge on any atom is -0.322 e. The molecule has 1 aromatic heterocycles. The zero-order valence-corrected chi connectivity index (χ0v) is 24.5. The van der Waals surface area contributed by atoms with Gasteiger partial charge in [-0.2, -0.15) is 10.2 Å². The van der Waals surface area contributed by atoms with Gasteiger partial charge in [0.25, 0.3) is 0 Å². The molecule has 0 amide bonds. The van der Waals surface area contributed by atoms with Crippen molar-refractivity contribution in [2.24, 2.45) is 16.1 Å². The molecule has 0 radical (unpaired) electrons. The van der Waals surface area contributed by atoms with Crippen LogP contribution >= 0.6 is 0 Å². The van der Waals surface area contributed by atoms with Gasteiger partial charge in [0, 0.05) is 23.2 Å². The van der Waals surface area contributed by atoms with Gasteiger partial charge in [-0.1, -0.05) is 68.5 Å². The molecule has 4 aromatic rings. The van der Waals surface area contributed by atoms with E-state index in [-0.39, 0.29) is 5.56 Å². The van der Waals surface area contributed by atoms with Crippen molar-refractivity contribution in [1.29, 1.82) is 0 Å². The second-order valence-corrected chi connectivity index (χ2v) is 10.6. The largest absolute Gasteiger partial charge is 0.322 e. The van der Waals surface area contributed by atoms with Crippen LogP contribution in [-0.4, -0.2) is 24.0 Å². The highest BCUT2D eigenvalue weighted by molar-refractivity contribution is 5.99. The molecule has 0 aliphatic carbocycles. The Bertz CT molecular complexity index is 1650. The molecule has 5 nitrogen and oxygen atoms in total. The van der Waals surface area contributed by atoms with Crippen molar-refractivity contribution in [2.75, 3.05) is 7.05 Å². The molecular formula is C35H40N4O. The number of benzene rings is 3. The lowest BCUT2D eigenvalue weighted by molar-refractivity contribution is 0.578. The fourth-order valence-electron chi connectivity index (χ4n) is 5.20. The summed E-state index contributed by atoms with van der Waals surface area (Å²) in [5.41, 5.74) is 8.32. The van der Waals surface area contributed by atoms with Crippen LogP contribution in [0, 0.1) is 19.8 Å². The van der Waals surface area contributed by atoms with E-state index in [0.717, 1.165) is 57.3 Å². The van der Waals surface area contributed by atoms with E-state index in [2.05, 4.69) is 98.2 Å². The summed E-state index contributed by atoms with van der Waals surface area (Å²) in [6.07, 6.45) is 5.57. The summed E-state index contributed by atoms with van der Waals surface area (Å²) >= 11 is 0. The summed E-state index contributed by atoms with van der Waals surface area (Å²) in [6.45, 7) is 14.4. The van der Waals surface area contributed by atoms with Crippen LogP contribution in [0.5, 0.6) is 0 Å². The first kappa shape index (κ1) is 28.9. The summed E-state index contributed by atoms with van der Waals surface area (Å²) in [6, 6.07) is 22.8. The molecule has 0 saturated carbocycles. The van der Waals surface area contributed by atoms with Crippen LogP contribution < -0.4 is 10.9 Å². The van der Waals surface area contributed by atoms with E-state index < -0.39 is 5.54 Å². The number of aryl methyl sites for hydroxylation is 2. The smallest absolute Gasteiger partial charge is 0.249 e. The number of nitrogens with one attached hydrogen (secondary N) is 2. The molecule has 3 aromatic carbocycles. The molecule has 2 unspecified atom stereocenters. The Hall–Kier alpha value is -4.09. The zero-order chi connectivity index (χ0) is 28.9. The lowest BCUT2D eigenvalue weighted by atomic mass is 9.77. The lowest BCUT2D eigenvalue weighted by Gasteiger charge is -2.35. The number of pyridine rings is 1. The molecule has 0 spiro atoms. The van der Waals surface area contributed by atoms with E-state index in [1.54, 1.807) is 6.07 Å². The quantitative estimate of drug-likeness (QED) is 0.126. The maximum Gasteiger partial charge on any atom is 0.249 e. The first-order valence-corrected chi connectivity index (χ1v) is 14.0. The van der Waals surface area contributed by atoms with Crippen molar-refractivity contribution in [3.8, 4) is 11.1 Å². The minimum absolute atomic E-state index is 0.129. The van der Waals surface area contributed by atoms with Crippen molar-refractivity contribution >= 4 is 22.8 Å². The molecule has 0 fully saturated rings. The summed E-state index contributed by atoms with van der Waals surface area (Å²) < 4.78 is 0. The molecule has 0 aliphatic rings.